The van der Waals surface area contributed by atoms with Crippen molar-refractivity contribution in [3.63, 3.8) is 0 Å². The predicted octanol–water partition coefficient (Wildman–Crippen LogP) is 14.9. The van der Waals surface area contributed by atoms with E-state index >= 15 is 0 Å². The molecule has 0 saturated carbocycles. The van der Waals surface area contributed by atoms with Gasteiger partial charge in [-0.2, -0.15) is 0 Å². The number of benzene rings is 1. The van der Waals surface area contributed by atoms with Gasteiger partial charge in [0.25, 0.3) is 0 Å². The van der Waals surface area contributed by atoms with Crippen molar-refractivity contribution in [1.29, 1.82) is 0 Å². The molecule has 0 aliphatic carbocycles. The molecule has 0 aromatic heterocycles. The van der Waals surface area contributed by atoms with Gasteiger partial charge in [-0.3, -0.25) is 14.5 Å². The fraction of sp³-hybridized carbons (Fsp3) is 0.837. The number of hydrogen-bond acceptors (Lipinski definition) is 5. The lowest BCUT2D eigenvalue weighted by Crippen LogP contribution is -2.25. The van der Waals surface area contributed by atoms with Gasteiger partial charge in [-0.05, 0) is 76.4 Å². The van der Waals surface area contributed by atoms with Crippen LogP contribution in [0.15, 0.2) is 30.3 Å². The molecule has 0 saturated heterocycles. The summed E-state index contributed by atoms with van der Waals surface area (Å²) in [5, 5.41) is 0. The number of carbonyl (C=O) groups is 2. The molecule has 0 unspecified atom stereocenters. The molecule has 0 amide bonds. The highest BCUT2D eigenvalue weighted by molar-refractivity contribution is 5.69. The van der Waals surface area contributed by atoms with Crippen molar-refractivity contribution < 1.29 is 19.1 Å². The summed E-state index contributed by atoms with van der Waals surface area (Å²) in [6.07, 6.45) is 38.9. The van der Waals surface area contributed by atoms with E-state index < -0.39 is 0 Å². The summed E-state index contributed by atoms with van der Waals surface area (Å²) in [5.74, 6) is 0.0194. The Bertz CT molecular complexity index is 921. The molecule has 0 spiro atoms. The zero-order chi connectivity index (χ0) is 39.0. The molecular weight excluding hydrogens is 667 g/mol. The van der Waals surface area contributed by atoms with Crippen LogP contribution in [0.1, 0.15) is 238 Å². The number of nitrogens with zero attached hydrogens (tertiary/aromatic N) is 1. The van der Waals surface area contributed by atoms with E-state index in [0.717, 1.165) is 64.6 Å². The Kier molecular flexibility index (Phi) is 36.5. The molecule has 54 heavy (non-hydrogen) atoms. The highest BCUT2D eigenvalue weighted by Gasteiger charge is 2.14. The predicted molar refractivity (Wildman–Crippen MR) is 232 cm³/mol. The van der Waals surface area contributed by atoms with E-state index in [1.807, 2.05) is 0 Å². The van der Waals surface area contributed by atoms with Gasteiger partial charge in [0.2, 0.25) is 0 Å². The Morgan fingerprint density at radius 3 is 1.39 bits per heavy atom. The molecule has 0 heterocycles. The van der Waals surface area contributed by atoms with Crippen molar-refractivity contribution in [1.82, 2.24) is 4.90 Å². The van der Waals surface area contributed by atoms with Crippen LogP contribution in [-0.2, 0) is 25.6 Å². The minimum Gasteiger partial charge on any atom is -0.466 e. The van der Waals surface area contributed by atoms with Crippen LogP contribution in [0.4, 0.5) is 0 Å². The molecule has 1 aromatic carbocycles. The van der Waals surface area contributed by atoms with Crippen LogP contribution < -0.4 is 0 Å². The zero-order valence-electron chi connectivity index (χ0n) is 36.2. The number of hydrogen-bond donors (Lipinski definition) is 0. The Morgan fingerprint density at radius 2 is 0.889 bits per heavy atom. The lowest BCUT2D eigenvalue weighted by Gasteiger charge is -2.22. The third kappa shape index (κ3) is 33.5. The van der Waals surface area contributed by atoms with E-state index in [0.29, 0.717) is 19.4 Å². The standard InChI is InChI=1S/C49H89NO4/c1-4-7-10-13-16-25-35-44-53-48(51)40-31-21-17-23-33-42-50(45-46-36-27-26-28-37-46)43-34-24-18-22-32-41-49(52)54-47(38-29-19-14-11-8-5-2)39-30-20-15-12-9-6-3/h26-28,36-37,47H,4-25,29-35,38-45H2,1-3H3. The average molecular weight is 756 g/mol. The van der Waals surface area contributed by atoms with Gasteiger partial charge in [0.05, 0.1) is 6.61 Å². The first-order valence-corrected chi connectivity index (χ1v) is 23.7. The van der Waals surface area contributed by atoms with Crippen LogP contribution in [0.5, 0.6) is 0 Å². The van der Waals surface area contributed by atoms with Gasteiger partial charge >= 0.3 is 11.9 Å². The second-order valence-electron chi connectivity index (χ2n) is 16.4. The third-order valence-corrected chi connectivity index (χ3v) is 11.0. The minimum atomic E-state index is -0.0128. The van der Waals surface area contributed by atoms with Crippen LogP contribution in [-0.4, -0.2) is 42.6 Å². The topological polar surface area (TPSA) is 55.8 Å². The maximum Gasteiger partial charge on any atom is 0.306 e. The fourth-order valence-corrected chi connectivity index (χ4v) is 7.51. The Labute approximate surface area is 335 Å². The highest BCUT2D eigenvalue weighted by atomic mass is 16.5. The van der Waals surface area contributed by atoms with Gasteiger partial charge in [0.1, 0.15) is 6.10 Å². The summed E-state index contributed by atoms with van der Waals surface area (Å²) in [6.45, 7) is 10.6. The van der Waals surface area contributed by atoms with E-state index in [2.05, 4.69) is 56.0 Å². The Morgan fingerprint density at radius 1 is 0.481 bits per heavy atom. The van der Waals surface area contributed by atoms with Gasteiger partial charge in [-0.25, -0.2) is 0 Å². The molecule has 1 rings (SSSR count). The van der Waals surface area contributed by atoms with E-state index in [1.54, 1.807) is 0 Å². The maximum absolute atomic E-state index is 12.8. The molecule has 314 valence electrons. The molecule has 0 fully saturated rings. The minimum absolute atomic E-state index is 0.0128. The molecule has 5 nitrogen and oxygen atoms in total. The number of unbranched alkanes of at least 4 members (excludes halogenated alkanes) is 24. The normalized spacial score (nSPS) is 11.5. The van der Waals surface area contributed by atoms with Crippen molar-refractivity contribution in [3.05, 3.63) is 35.9 Å². The lowest BCUT2D eigenvalue weighted by atomic mass is 10.0. The molecule has 1 aromatic rings. The first kappa shape index (κ1) is 50.1. The van der Waals surface area contributed by atoms with Crippen molar-refractivity contribution in [2.45, 2.75) is 245 Å². The highest BCUT2D eigenvalue weighted by Crippen LogP contribution is 2.19. The SMILES string of the molecule is CCCCCCCCCOC(=O)CCCCCCCN(CCCCCCCC(=O)OC(CCCCCCCC)CCCCCCCC)Cc1ccccc1. The van der Waals surface area contributed by atoms with Crippen LogP contribution in [0.25, 0.3) is 0 Å². The van der Waals surface area contributed by atoms with E-state index in [-0.39, 0.29) is 18.0 Å². The maximum atomic E-state index is 12.8. The van der Waals surface area contributed by atoms with E-state index in [1.165, 1.54) is 160 Å². The van der Waals surface area contributed by atoms with Gasteiger partial charge in [0.15, 0.2) is 0 Å². The first-order chi connectivity index (χ1) is 26.6. The van der Waals surface area contributed by atoms with Gasteiger partial charge in [0, 0.05) is 19.4 Å². The number of esters is 2. The molecule has 0 atom stereocenters. The monoisotopic (exact) mass is 756 g/mol. The first-order valence-electron chi connectivity index (χ1n) is 23.7. The summed E-state index contributed by atoms with van der Waals surface area (Å²) in [4.78, 5) is 27.5. The van der Waals surface area contributed by atoms with E-state index in [4.69, 9.17) is 9.47 Å². The van der Waals surface area contributed by atoms with Gasteiger partial charge in [-0.15, -0.1) is 0 Å². The summed E-state index contributed by atoms with van der Waals surface area (Å²) in [6, 6.07) is 10.9. The zero-order valence-corrected chi connectivity index (χ0v) is 36.2. The second-order valence-corrected chi connectivity index (χ2v) is 16.4. The van der Waals surface area contributed by atoms with Gasteiger partial charge in [-0.1, -0.05) is 192 Å². The quantitative estimate of drug-likeness (QED) is 0.0492. The molecular formula is C49H89NO4. The number of ether oxygens (including phenoxy) is 2. The Balaban J connectivity index is 2.24. The number of rotatable bonds is 41. The van der Waals surface area contributed by atoms with Crippen molar-refractivity contribution in [2.24, 2.45) is 0 Å². The van der Waals surface area contributed by atoms with Crippen molar-refractivity contribution >= 4 is 11.9 Å². The van der Waals surface area contributed by atoms with Gasteiger partial charge < -0.3 is 9.47 Å². The molecule has 0 bridgehead atoms. The van der Waals surface area contributed by atoms with Crippen LogP contribution >= 0.6 is 0 Å². The lowest BCUT2D eigenvalue weighted by molar-refractivity contribution is -0.150. The van der Waals surface area contributed by atoms with Crippen LogP contribution in [0.2, 0.25) is 0 Å². The van der Waals surface area contributed by atoms with Crippen LogP contribution in [0.3, 0.4) is 0 Å². The third-order valence-electron chi connectivity index (χ3n) is 11.0. The largest absolute Gasteiger partial charge is 0.466 e. The second kappa shape index (κ2) is 39.4. The number of carbonyl (C=O) groups excluding carboxylic acids is 2. The Hall–Kier alpha value is -1.88. The molecule has 5 heteroatoms. The molecule has 0 aliphatic rings. The molecule has 0 aliphatic heterocycles. The fourth-order valence-electron chi connectivity index (χ4n) is 7.51. The van der Waals surface area contributed by atoms with Crippen LogP contribution in [0, 0.1) is 0 Å². The van der Waals surface area contributed by atoms with Crippen molar-refractivity contribution in [3.8, 4) is 0 Å². The van der Waals surface area contributed by atoms with E-state index in [9.17, 15) is 9.59 Å². The van der Waals surface area contributed by atoms with Crippen molar-refractivity contribution in [2.75, 3.05) is 19.7 Å². The molecule has 0 radical (unpaired) electrons. The smallest absolute Gasteiger partial charge is 0.306 e. The summed E-state index contributed by atoms with van der Waals surface area (Å²) < 4.78 is 11.5. The average Bonchev–Trinajstić information content (AvgIpc) is 3.17. The summed E-state index contributed by atoms with van der Waals surface area (Å²) >= 11 is 0. The summed E-state index contributed by atoms with van der Waals surface area (Å²) in [5.41, 5.74) is 1.39. The molecule has 0 N–H and O–H groups in total. The summed E-state index contributed by atoms with van der Waals surface area (Å²) in [7, 11) is 0.